The number of amides is 1. The average Bonchev–Trinajstić information content (AvgIpc) is 2.79. The third-order valence-corrected chi connectivity index (χ3v) is 6.76. The van der Waals surface area contributed by atoms with Gasteiger partial charge in [0.05, 0.1) is 17.5 Å². The number of aliphatic hydroxyl groups excluding tert-OH is 2. The molecule has 1 fully saturated rings. The van der Waals surface area contributed by atoms with Gasteiger partial charge in [-0.05, 0) is 69.2 Å². The van der Waals surface area contributed by atoms with Crippen LogP contribution in [0.3, 0.4) is 0 Å². The lowest BCUT2D eigenvalue weighted by Gasteiger charge is -2.34. The van der Waals surface area contributed by atoms with Crippen LogP contribution in [0.15, 0.2) is 22.1 Å². The molecule has 34 heavy (non-hydrogen) atoms. The second-order valence-electron chi connectivity index (χ2n) is 9.38. The summed E-state index contributed by atoms with van der Waals surface area (Å²) in [6, 6.07) is 4.01. The summed E-state index contributed by atoms with van der Waals surface area (Å²) in [6.07, 6.45) is 4.91. The molecule has 9 heteroatoms. The first kappa shape index (κ1) is 24.3. The number of esters is 1. The molecule has 3 atom stereocenters. The maximum Gasteiger partial charge on any atom is 0.306 e. The number of fused-ring (bicyclic) bond motifs is 2. The van der Waals surface area contributed by atoms with Gasteiger partial charge in [-0.15, -0.1) is 0 Å². The number of nitrogens with one attached hydrogen (secondary N) is 1. The summed E-state index contributed by atoms with van der Waals surface area (Å²) in [5.74, 6) is -0.284. The predicted octanol–water partition coefficient (Wildman–Crippen LogP) is 2.80. The highest BCUT2D eigenvalue weighted by atomic mass is 16.6. The van der Waals surface area contributed by atoms with Crippen LogP contribution in [0.5, 0.6) is 0 Å². The second-order valence-corrected chi connectivity index (χ2v) is 9.38. The number of anilines is 1. The molecule has 1 aromatic rings. The summed E-state index contributed by atoms with van der Waals surface area (Å²) in [5, 5.41) is 22.3. The van der Waals surface area contributed by atoms with Gasteiger partial charge in [0.25, 0.3) is 5.91 Å². The number of amidine groups is 1. The Morgan fingerprint density at radius 3 is 2.65 bits per heavy atom. The van der Waals surface area contributed by atoms with E-state index in [9.17, 15) is 19.8 Å². The lowest BCUT2D eigenvalue weighted by Crippen LogP contribution is -2.53. The van der Waals surface area contributed by atoms with Crippen LogP contribution in [0.25, 0.3) is 0 Å². The minimum atomic E-state index is -1.29. The third-order valence-electron chi connectivity index (χ3n) is 6.76. The van der Waals surface area contributed by atoms with Gasteiger partial charge in [-0.1, -0.05) is 19.3 Å². The van der Waals surface area contributed by atoms with Crippen molar-refractivity contribution in [3.63, 3.8) is 0 Å². The number of nitrogens with zero attached hydrogens (tertiary/aromatic N) is 3. The molecule has 2 aliphatic heterocycles. The van der Waals surface area contributed by atoms with Crippen molar-refractivity contribution in [2.75, 3.05) is 11.4 Å². The quantitative estimate of drug-likeness (QED) is 0.396. The van der Waals surface area contributed by atoms with Gasteiger partial charge in [-0.2, -0.15) is 0 Å². The van der Waals surface area contributed by atoms with Crippen molar-refractivity contribution in [1.29, 1.82) is 0 Å². The van der Waals surface area contributed by atoms with Crippen LogP contribution in [0, 0.1) is 13.8 Å². The molecule has 1 saturated carbocycles. The SMILES string of the molecule is Cc1cc2c(cc1C)N(CCCCCCC(=O)OC1CCCCC1O)C1=NC(O)NC(=O)C1=N2. The smallest absolute Gasteiger partial charge is 0.306 e. The lowest BCUT2D eigenvalue weighted by atomic mass is 9.95. The minimum Gasteiger partial charge on any atom is -0.460 e. The highest BCUT2D eigenvalue weighted by Gasteiger charge is 2.35. The Bertz CT molecular complexity index is 1010. The van der Waals surface area contributed by atoms with Gasteiger partial charge in [0.2, 0.25) is 6.35 Å². The molecule has 184 valence electrons. The van der Waals surface area contributed by atoms with E-state index in [1.54, 1.807) is 0 Å². The van der Waals surface area contributed by atoms with E-state index in [0.717, 1.165) is 67.4 Å². The molecule has 0 radical (unpaired) electrons. The number of benzene rings is 1. The number of rotatable bonds is 8. The Balaban J connectivity index is 1.31. The molecule has 3 unspecified atom stereocenters. The molecule has 4 rings (SSSR count). The molecule has 0 spiro atoms. The van der Waals surface area contributed by atoms with Crippen LogP contribution in [-0.2, 0) is 14.3 Å². The highest BCUT2D eigenvalue weighted by molar-refractivity contribution is 6.70. The third kappa shape index (κ3) is 5.47. The first-order valence-corrected chi connectivity index (χ1v) is 12.3. The molecular weight excluding hydrogens is 436 g/mol. The number of unbranched alkanes of at least 4 members (excludes halogenated alkanes) is 3. The van der Waals surface area contributed by atoms with E-state index in [-0.39, 0.29) is 17.8 Å². The molecule has 0 saturated heterocycles. The van der Waals surface area contributed by atoms with Crippen LogP contribution >= 0.6 is 0 Å². The van der Waals surface area contributed by atoms with E-state index in [1.165, 1.54) is 0 Å². The fourth-order valence-electron chi connectivity index (χ4n) is 4.68. The van der Waals surface area contributed by atoms with Crippen LogP contribution in [0.2, 0.25) is 0 Å². The zero-order chi connectivity index (χ0) is 24.2. The molecule has 0 bridgehead atoms. The molecule has 1 aromatic carbocycles. The molecule has 2 heterocycles. The zero-order valence-corrected chi connectivity index (χ0v) is 19.9. The molecule has 0 aromatic heterocycles. The van der Waals surface area contributed by atoms with Gasteiger partial charge in [0.1, 0.15) is 6.10 Å². The van der Waals surface area contributed by atoms with Crippen molar-refractivity contribution in [2.24, 2.45) is 9.98 Å². The zero-order valence-electron chi connectivity index (χ0n) is 19.9. The number of hydrogen-bond acceptors (Lipinski definition) is 8. The summed E-state index contributed by atoms with van der Waals surface area (Å²) in [4.78, 5) is 35.3. The molecule has 1 aliphatic carbocycles. The van der Waals surface area contributed by atoms with Crippen molar-refractivity contribution in [1.82, 2.24) is 5.32 Å². The van der Waals surface area contributed by atoms with Gasteiger partial charge in [-0.3, -0.25) is 9.59 Å². The van der Waals surface area contributed by atoms with Gasteiger partial charge in [-0.25, -0.2) is 9.98 Å². The highest BCUT2D eigenvalue weighted by Crippen LogP contribution is 2.36. The standard InChI is InChI=1S/C25H34N4O5/c1-15-13-17-18(14-16(15)2)29(23-22(26-17)24(32)28-25(33)27-23)12-8-4-3-5-11-21(31)34-20-10-7-6-9-19(20)30/h13-14,19-20,25,30,33H,3-12H2,1-2H3,(H,28,32). The molecule has 9 nitrogen and oxygen atoms in total. The number of ether oxygens (including phenoxy) is 1. The van der Waals surface area contributed by atoms with Gasteiger partial charge in [0, 0.05) is 13.0 Å². The first-order chi connectivity index (χ1) is 16.3. The number of carbonyl (C=O) groups excluding carboxylic acids is 2. The largest absolute Gasteiger partial charge is 0.460 e. The Morgan fingerprint density at radius 2 is 1.85 bits per heavy atom. The van der Waals surface area contributed by atoms with E-state index in [1.807, 2.05) is 30.9 Å². The van der Waals surface area contributed by atoms with E-state index < -0.39 is 18.4 Å². The molecule has 1 amide bonds. The van der Waals surface area contributed by atoms with Crippen molar-refractivity contribution in [3.8, 4) is 0 Å². The lowest BCUT2D eigenvalue weighted by molar-refractivity contribution is -0.157. The molecule has 3 aliphatic rings. The Kier molecular flexibility index (Phi) is 7.63. The van der Waals surface area contributed by atoms with Crippen molar-refractivity contribution < 1.29 is 24.5 Å². The number of aliphatic hydroxyl groups is 2. The monoisotopic (exact) mass is 470 g/mol. The average molecular weight is 471 g/mol. The van der Waals surface area contributed by atoms with E-state index in [2.05, 4.69) is 15.3 Å². The van der Waals surface area contributed by atoms with E-state index >= 15 is 0 Å². The fraction of sp³-hybridized carbons (Fsp3) is 0.600. The van der Waals surface area contributed by atoms with Gasteiger partial charge < -0.3 is 25.2 Å². The summed E-state index contributed by atoms with van der Waals surface area (Å²) >= 11 is 0. The topological polar surface area (TPSA) is 124 Å². The maximum atomic E-state index is 12.4. The predicted molar refractivity (Wildman–Crippen MR) is 129 cm³/mol. The molecular formula is C25H34N4O5. The summed E-state index contributed by atoms with van der Waals surface area (Å²) in [7, 11) is 0. The number of aryl methyl sites for hydroxylation is 2. The maximum absolute atomic E-state index is 12.4. The minimum absolute atomic E-state index is 0.216. The van der Waals surface area contributed by atoms with Gasteiger partial charge >= 0.3 is 5.97 Å². The van der Waals surface area contributed by atoms with Gasteiger partial charge in [0.15, 0.2) is 11.5 Å². The summed E-state index contributed by atoms with van der Waals surface area (Å²) in [6.45, 7) is 4.66. The van der Waals surface area contributed by atoms with Crippen LogP contribution in [0.1, 0.15) is 68.9 Å². The van der Waals surface area contributed by atoms with Crippen LogP contribution in [0.4, 0.5) is 11.4 Å². The summed E-state index contributed by atoms with van der Waals surface area (Å²) < 4.78 is 5.46. The second kappa shape index (κ2) is 10.7. The van der Waals surface area contributed by atoms with Crippen LogP contribution < -0.4 is 10.2 Å². The van der Waals surface area contributed by atoms with E-state index in [4.69, 9.17) is 4.74 Å². The Morgan fingerprint density at radius 1 is 1.12 bits per heavy atom. The van der Waals surface area contributed by atoms with Crippen molar-refractivity contribution >= 4 is 34.8 Å². The normalized spacial score (nSPS) is 23.9. The Hall–Kier alpha value is -2.78. The first-order valence-electron chi connectivity index (χ1n) is 12.3. The van der Waals surface area contributed by atoms with Crippen molar-refractivity contribution in [2.45, 2.75) is 90.2 Å². The number of hydrogen-bond donors (Lipinski definition) is 3. The number of aliphatic imine (C=N–C) groups is 2. The summed E-state index contributed by atoms with van der Waals surface area (Å²) in [5.41, 5.74) is 4.02. The molecule has 3 N–H and O–H groups in total. The Labute approximate surface area is 199 Å². The van der Waals surface area contributed by atoms with E-state index in [0.29, 0.717) is 25.2 Å². The fourth-order valence-corrected chi connectivity index (χ4v) is 4.68. The van der Waals surface area contributed by atoms with Crippen molar-refractivity contribution in [3.05, 3.63) is 23.3 Å². The van der Waals surface area contributed by atoms with Crippen LogP contribution in [-0.4, -0.2) is 58.7 Å². The number of carbonyl (C=O) groups is 2.